The summed E-state index contributed by atoms with van der Waals surface area (Å²) in [5.74, 6) is -0.175. The molecule has 0 atom stereocenters. The third-order valence-corrected chi connectivity index (χ3v) is 6.97. The van der Waals surface area contributed by atoms with Gasteiger partial charge in [-0.3, -0.25) is 9.59 Å². The van der Waals surface area contributed by atoms with Gasteiger partial charge in [-0.15, -0.1) is 0 Å². The SMILES string of the molecule is COC(=O)C12CCC(C(=O)Nc3ncc(-c4ccc(C)cc4)s3)(CC1)C2. The van der Waals surface area contributed by atoms with Gasteiger partial charge in [-0.1, -0.05) is 41.2 Å². The van der Waals surface area contributed by atoms with Crippen molar-refractivity contribution in [2.45, 2.75) is 39.0 Å². The molecule has 2 saturated carbocycles. The molecule has 26 heavy (non-hydrogen) atoms. The number of ether oxygens (including phenoxy) is 1. The van der Waals surface area contributed by atoms with Crippen LogP contribution >= 0.6 is 11.3 Å². The number of hydrogen-bond acceptors (Lipinski definition) is 5. The maximum atomic E-state index is 12.9. The standard InChI is InChI=1S/C20H22N2O3S/c1-13-3-5-14(6-4-13)15-11-21-18(26-15)22-16(23)19-7-9-20(12-19,10-8-19)17(24)25-2/h3-6,11H,7-10,12H2,1-2H3,(H,21,22,23). The lowest BCUT2D eigenvalue weighted by atomic mass is 9.81. The van der Waals surface area contributed by atoms with E-state index in [1.54, 1.807) is 6.20 Å². The Bertz CT molecular complexity index is 848. The minimum atomic E-state index is -0.456. The van der Waals surface area contributed by atoms with Crippen molar-refractivity contribution in [2.75, 3.05) is 12.4 Å². The van der Waals surface area contributed by atoms with E-state index in [0.717, 1.165) is 36.1 Å². The average molecular weight is 370 g/mol. The monoisotopic (exact) mass is 370 g/mol. The number of esters is 1. The summed E-state index contributed by atoms with van der Waals surface area (Å²) in [5, 5.41) is 3.61. The summed E-state index contributed by atoms with van der Waals surface area (Å²) in [7, 11) is 1.43. The number of fused-ring (bicyclic) bond motifs is 2. The second-order valence-corrected chi connectivity index (χ2v) is 8.61. The van der Waals surface area contributed by atoms with E-state index in [2.05, 4.69) is 41.5 Å². The van der Waals surface area contributed by atoms with Crippen molar-refractivity contribution >= 4 is 28.3 Å². The van der Waals surface area contributed by atoms with Crippen LogP contribution in [0.2, 0.25) is 0 Å². The third-order valence-electron chi connectivity index (χ3n) is 6.00. The molecule has 2 fully saturated rings. The van der Waals surface area contributed by atoms with Crippen LogP contribution in [-0.2, 0) is 14.3 Å². The van der Waals surface area contributed by atoms with Crippen LogP contribution in [0.5, 0.6) is 0 Å². The molecule has 1 amide bonds. The van der Waals surface area contributed by atoms with Gasteiger partial charge in [0.05, 0.1) is 22.8 Å². The van der Waals surface area contributed by atoms with Crippen LogP contribution in [-0.4, -0.2) is 24.0 Å². The first-order chi connectivity index (χ1) is 12.5. The number of aromatic nitrogens is 1. The van der Waals surface area contributed by atoms with Gasteiger partial charge in [-0.25, -0.2) is 4.98 Å². The number of methoxy groups -OCH3 is 1. The molecule has 1 aromatic carbocycles. The summed E-state index contributed by atoms with van der Waals surface area (Å²) in [5.41, 5.74) is 1.40. The van der Waals surface area contributed by atoms with E-state index in [4.69, 9.17) is 4.74 Å². The zero-order chi connectivity index (χ0) is 18.4. The molecule has 1 aromatic heterocycles. The molecule has 6 heteroatoms. The van der Waals surface area contributed by atoms with E-state index < -0.39 is 10.8 Å². The molecular weight excluding hydrogens is 348 g/mol. The van der Waals surface area contributed by atoms with E-state index in [1.165, 1.54) is 24.0 Å². The Kier molecular flexibility index (Phi) is 4.10. The molecule has 0 saturated heterocycles. The van der Waals surface area contributed by atoms with Crippen LogP contribution < -0.4 is 5.32 Å². The number of nitrogens with zero attached hydrogens (tertiary/aromatic N) is 1. The van der Waals surface area contributed by atoms with Crippen molar-refractivity contribution < 1.29 is 14.3 Å². The number of carbonyl (C=O) groups excluding carboxylic acids is 2. The Hall–Kier alpha value is -2.21. The number of benzene rings is 1. The molecule has 0 radical (unpaired) electrons. The normalized spacial score (nSPS) is 26.7. The Labute approximate surface area is 156 Å². The van der Waals surface area contributed by atoms with E-state index >= 15 is 0 Å². The highest BCUT2D eigenvalue weighted by atomic mass is 32.1. The van der Waals surface area contributed by atoms with E-state index in [1.807, 2.05) is 0 Å². The molecule has 2 aliphatic rings. The van der Waals surface area contributed by atoms with Gasteiger partial charge in [0, 0.05) is 6.20 Å². The first-order valence-corrected chi connectivity index (χ1v) is 9.71. The molecule has 0 unspecified atom stereocenters. The first kappa shape index (κ1) is 17.2. The van der Waals surface area contributed by atoms with Gasteiger partial charge < -0.3 is 10.1 Å². The van der Waals surface area contributed by atoms with Crippen LogP contribution in [0.1, 0.15) is 37.7 Å². The van der Waals surface area contributed by atoms with Crippen molar-refractivity contribution in [1.82, 2.24) is 4.98 Å². The third kappa shape index (κ3) is 2.72. The number of aryl methyl sites for hydroxylation is 1. The van der Waals surface area contributed by atoms with Crippen molar-refractivity contribution in [3.63, 3.8) is 0 Å². The fraction of sp³-hybridized carbons (Fsp3) is 0.450. The van der Waals surface area contributed by atoms with Crippen molar-refractivity contribution in [3.8, 4) is 10.4 Å². The number of anilines is 1. The van der Waals surface area contributed by atoms with Crippen LogP contribution in [0.25, 0.3) is 10.4 Å². The lowest BCUT2D eigenvalue weighted by molar-refractivity contribution is -0.152. The molecule has 2 bridgehead atoms. The number of hydrogen-bond donors (Lipinski definition) is 1. The summed E-state index contributed by atoms with van der Waals surface area (Å²) >= 11 is 1.48. The van der Waals surface area contributed by atoms with E-state index in [-0.39, 0.29) is 11.9 Å². The molecular formula is C20H22N2O3S. The minimum absolute atomic E-state index is 0.00872. The van der Waals surface area contributed by atoms with E-state index in [0.29, 0.717) is 11.6 Å². The highest BCUT2D eigenvalue weighted by Gasteiger charge is 2.61. The van der Waals surface area contributed by atoms with Gasteiger partial charge in [0.15, 0.2) is 5.13 Å². The molecule has 4 rings (SSSR count). The number of nitrogens with one attached hydrogen (secondary N) is 1. The summed E-state index contributed by atoms with van der Waals surface area (Å²) in [6, 6.07) is 8.25. The Morgan fingerprint density at radius 3 is 2.42 bits per heavy atom. The molecule has 1 heterocycles. The fourth-order valence-corrected chi connectivity index (χ4v) is 5.24. The topological polar surface area (TPSA) is 68.3 Å². The molecule has 1 N–H and O–H groups in total. The second kappa shape index (κ2) is 6.20. The molecule has 2 aliphatic carbocycles. The summed E-state index contributed by atoms with van der Waals surface area (Å²) < 4.78 is 4.98. The molecule has 0 spiro atoms. The van der Waals surface area contributed by atoms with Crippen molar-refractivity contribution in [2.24, 2.45) is 10.8 Å². The van der Waals surface area contributed by atoms with Crippen molar-refractivity contribution in [1.29, 1.82) is 0 Å². The summed E-state index contributed by atoms with van der Waals surface area (Å²) in [4.78, 5) is 30.5. The van der Waals surface area contributed by atoms with Gasteiger partial charge in [0.1, 0.15) is 0 Å². The largest absolute Gasteiger partial charge is 0.469 e. The minimum Gasteiger partial charge on any atom is -0.469 e. The molecule has 136 valence electrons. The molecule has 5 nitrogen and oxygen atoms in total. The second-order valence-electron chi connectivity index (χ2n) is 7.58. The van der Waals surface area contributed by atoms with Gasteiger partial charge in [-0.05, 0) is 44.6 Å². The molecule has 0 aliphatic heterocycles. The average Bonchev–Trinajstić information content (AvgIpc) is 3.36. The number of rotatable bonds is 4. The predicted octanol–water partition coefficient (Wildman–Crippen LogP) is 4.18. The lowest BCUT2D eigenvalue weighted by Crippen LogP contribution is -2.32. The maximum absolute atomic E-state index is 12.9. The zero-order valence-electron chi connectivity index (χ0n) is 15.0. The van der Waals surface area contributed by atoms with Crippen LogP contribution in [0.15, 0.2) is 30.5 Å². The first-order valence-electron chi connectivity index (χ1n) is 8.89. The lowest BCUT2D eigenvalue weighted by Gasteiger charge is -2.25. The predicted molar refractivity (Wildman–Crippen MR) is 101 cm³/mol. The highest BCUT2D eigenvalue weighted by molar-refractivity contribution is 7.19. The van der Waals surface area contributed by atoms with Gasteiger partial charge in [0.2, 0.25) is 5.91 Å². The number of amides is 1. The van der Waals surface area contributed by atoms with Gasteiger partial charge in [0.25, 0.3) is 0 Å². The number of carbonyl (C=O) groups is 2. The summed E-state index contributed by atoms with van der Waals surface area (Å²) in [6.07, 6.45) is 5.34. The highest BCUT2D eigenvalue weighted by Crippen LogP contribution is 2.62. The maximum Gasteiger partial charge on any atom is 0.311 e. The quantitative estimate of drug-likeness (QED) is 0.820. The summed E-state index contributed by atoms with van der Waals surface area (Å²) in [6.45, 7) is 2.05. The number of thiazole rings is 1. The van der Waals surface area contributed by atoms with Crippen molar-refractivity contribution in [3.05, 3.63) is 36.0 Å². The van der Waals surface area contributed by atoms with Gasteiger partial charge in [-0.2, -0.15) is 0 Å². The van der Waals surface area contributed by atoms with Crippen LogP contribution in [0.3, 0.4) is 0 Å². The smallest absolute Gasteiger partial charge is 0.311 e. The zero-order valence-corrected chi connectivity index (χ0v) is 15.8. The Balaban J connectivity index is 1.48. The van der Waals surface area contributed by atoms with Crippen LogP contribution in [0.4, 0.5) is 5.13 Å². The van der Waals surface area contributed by atoms with Gasteiger partial charge >= 0.3 is 5.97 Å². The Morgan fingerprint density at radius 2 is 1.77 bits per heavy atom. The van der Waals surface area contributed by atoms with Crippen LogP contribution in [0, 0.1) is 17.8 Å². The fourth-order valence-electron chi connectivity index (χ4n) is 4.42. The molecule has 2 aromatic rings. The Morgan fingerprint density at radius 1 is 1.12 bits per heavy atom. The van der Waals surface area contributed by atoms with E-state index in [9.17, 15) is 9.59 Å².